The molecular weight excluding hydrogens is 306 g/mol. The number of anilines is 1. The fourth-order valence-electron chi connectivity index (χ4n) is 2.98. The van der Waals surface area contributed by atoms with Crippen LogP contribution in [0, 0.1) is 0 Å². The van der Waals surface area contributed by atoms with Crippen LogP contribution in [0.25, 0.3) is 0 Å². The topological polar surface area (TPSA) is 70.7 Å². The molecule has 2 N–H and O–H groups in total. The van der Waals surface area contributed by atoms with E-state index in [0.29, 0.717) is 13.1 Å². The summed E-state index contributed by atoms with van der Waals surface area (Å²) in [4.78, 5) is 25.6. The molecule has 1 heterocycles. The number of nitrogens with one attached hydrogen (secondary N) is 2. The molecule has 0 saturated carbocycles. The predicted molar refractivity (Wildman–Crippen MR) is 94.3 cm³/mol. The molecule has 2 rings (SSSR count). The zero-order valence-corrected chi connectivity index (χ0v) is 14.9. The largest absolute Gasteiger partial charge is 0.453 e. The summed E-state index contributed by atoms with van der Waals surface area (Å²) < 4.78 is 4.75. The zero-order chi connectivity index (χ0) is 17.7. The smallest absolute Gasteiger partial charge is 0.409 e. The van der Waals surface area contributed by atoms with Gasteiger partial charge in [0, 0.05) is 24.8 Å². The molecule has 1 aromatic rings. The number of piperidine rings is 1. The number of methoxy groups -OCH3 is 1. The SMILES string of the molecule is COC(=O)N1CCC[C@H](NC(=O)Nc2ccccc2C(C)(C)C)C1. The van der Waals surface area contributed by atoms with Gasteiger partial charge in [0.1, 0.15) is 0 Å². The Balaban J connectivity index is 1.98. The molecule has 1 atom stereocenters. The average Bonchev–Trinajstić information content (AvgIpc) is 2.53. The Labute approximate surface area is 143 Å². The minimum atomic E-state index is -0.347. The summed E-state index contributed by atoms with van der Waals surface area (Å²) in [5.74, 6) is 0. The van der Waals surface area contributed by atoms with Crippen LogP contribution in [0.15, 0.2) is 24.3 Å². The van der Waals surface area contributed by atoms with Crippen LogP contribution in [0.3, 0.4) is 0 Å². The van der Waals surface area contributed by atoms with Gasteiger partial charge in [0.05, 0.1) is 7.11 Å². The second-order valence-electron chi connectivity index (χ2n) is 7.15. The maximum atomic E-state index is 12.3. The van der Waals surface area contributed by atoms with Gasteiger partial charge in [-0.1, -0.05) is 39.0 Å². The summed E-state index contributed by atoms with van der Waals surface area (Å²) in [5, 5.41) is 5.89. The summed E-state index contributed by atoms with van der Waals surface area (Å²) >= 11 is 0. The normalized spacial score (nSPS) is 18.0. The van der Waals surface area contributed by atoms with E-state index in [0.717, 1.165) is 24.1 Å². The first-order chi connectivity index (χ1) is 11.3. The van der Waals surface area contributed by atoms with Gasteiger partial charge in [0.2, 0.25) is 0 Å². The zero-order valence-electron chi connectivity index (χ0n) is 14.9. The second kappa shape index (κ2) is 7.55. The van der Waals surface area contributed by atoms with E-state index in [1.165, 1.54) is 7.11 Å². The summed E-state index contributed by atoms with van der Waals surface area (Å²) in [7, 11) is 1.37. The van der Waals surface area contributed by atoms with Crippen molar-refractivity contribution in [1.29, 1.82) is 0 Å². The van der Waals surface area contributed by atoms with E-state index in [2.05, 4.69) is 31.4 Å². The van der Waals surface area contributed by atoms with Gasteiger partial charge in [-0.05, 0) is 29.9 Å². The number of urea groups is 1. The van der Waals surface area contributed by atoms with Gasteiger partial charge in [-0.15, -0.1) is 0 Å². The number of ether oxygens (including phenoxy) is 1. The first-order valence-electron chi connectivity index (χ1n) is 8.31. The maximum Gasteiger partial charge on any atom is 0.409 e. The molecule has 0 aliphatic carbocycles. The third-order valence-corrected chi connectivity index (χ3v) is 4.17. The Kier molecular flexibility index (Phi) is 5.70. The van der Waals surface area contributed by atoms with Crippen molar-refractivity contribution < 1.29 is 14.3 Å². The van der Waals surface area contributed by atoms with Crippen LogP contribution in [-0.2, 0) is 10.2 Å². The van der Waals surface area contributed by atoms with Crippen molar-refractivity contribution in [3.8, 4) is 0 Å². The van der Waals surface area contributed by atoms with Gasteiger partial charge in [-0.25, -0.2) is 9.59 Å². The summed E-state index contributed by atoms with van der Waals surface area (Å²) in [6, 6.07) is 7.49. The maximum absolute atomic E-state index is 12.3. The third-order valence-electron chi connectivity index (χ3n) is 4.17. The minimum Gasteiger partial charge on any atom is -0.453 e. The predicted octanol–water partition coefficient (Wildman–Crippen LogP) is 3.34. The van der Waals surface area contributed by atoms with Gasteiger partial charge in [0.15, 0.2) is 0 Å². The molecule has 0 bridgehead atoms. The van der Waals surface area contributed by atoms with Crippen LogP contribution in [-0.4, -0.2) is 43.3 Å². The van der Waals surface area contributed by atoms with E-state index in [-0.39, 0.29) is 23.6 Å². The van der Waals surface area contributed by atoms with E-state index >= 15 is 0 Å². The number of benzene rings is 1. The Morgan fingerprint density at radius 1 is 1.25 bits per heavy atom. The van der Waals surface area contributed by atoms with Crippen LogP contribution >= 0.6 is 0 Å². The molecule has 0 spiro atoms. The Morgan fingerprint density at radius 2 is 1.96 bits per heavy atom. The van der Waals surface area contributed by atoms with Crippen LogP contribution < -0.4 is 10.6 Å². The summed E-state index contributed by atoms with van der Waals surface area (Å²) in [5.41, 5.74) is 1.83. The van der Waals surface area contributed by atoms with E-state index in [4.69, 9.17) is 4.74 Å². The molecule has 24 heavy (non-hydrogen) atoms. The van der Waals surface area contributed by atoms with Crippen LogP contribution in [0.2, 0.25) is 0 Å². The molecule has 1 aliphatic rings. The summed E-state index contributed by atoms with van der Waals surface area (Å²) in [6.45, 7) is 7.47. The lowest BCUT2D eigenvalue weighted by Gasteiger charge is -2.32. The molecule has 0 radical (unpaired) electrons. The number of para-hydroxylation sites is 1. The van der Waals surface area contributed by atoms with Crippen molar-refractivity contribution in [2.45, 2.75) is 45.1 Å². The number of nitrogens with zero attached hydrogens (tertiary/aromatic N) is 1. The Morgan fingerprint density at radius 3 is 2.62 bits per heavy atom. The Bertz CT molecular complexity index is 595. The third kappa shape index (κ3) is 4.63. The van der Waals surface area contributed by atoms with Gasteiger partial charge in [0.25, 0.3) is 0 Å². The van der Waals surface area contributed by atoms with E-state index in [9.17, 15) is 9.59 Å². The number of hydrogen-bond donors (Lipinski definition) is 2. The highest BCUT2D eigenvalue weighted by Gasteiger charge is 2.25. The first-order valence-corrected chi connectivity index (χ1v) is 8.31. The second-order valence-corrected chi connectivity index (χ2v) is 7.15. The highest BCUT2D eigenvalue weighted by Crippen LogP contribution is 2.29. The van der Waals surface area contributed by atoms with Gasteiger partial charge in [-0.2, -0.15) is 0 Å². The molecule has 1 saturated heterocycles. The van der Waals surface area contributed by atoms with Crippen molar-refractivity contribution in [3.63, 3.8) is 0 Å². The molecule has 1 fully saturated rings. The van der Waals surface area contributed by atoms with Crippen molar-refractivity contribution >= 4 is 17.8 Å². The van der Waals surface area contributed by atoms with E-state index in [1.807, 2.05) is 24.3 Å². The molecule has 132 valence electrons. The lowest BCUT2D eigenvalue weighted by Crippen LogP contribution is -2.50. The molecule has 6 nitrogen and oxygen atoms in total. The molecule has 1 aliphatic heterocycles. The molecule has 3 amide bonds. The molecule has 6 heteroatoms. The quantitative estimate of drug-likeness (QED) is 0.872. The number of amides is 3. The van der Waals surface area contributed by atoms with Crippen LogP contribution in [0.5, 0.6) is 0 Å². The first kappa shape index (κ1) is 18.1. The molecule has 0 unspecified atom stereocenters. The fraction of sp³-hybridized carbons (Fsp3) is 0.556. The van der Waals surface area contributed by atoms with Gasteiger partial charge >= 0.3 is 12.1 Å². The van der Waals surface area contributed by atoms with Gasteiger partial charge < -0.3 is 20.3 Å². The number of carbonyl (C=O) groups is 2. The average molecular weight is 333 g/mol. The highest BCUT2D eigenvalue weighted by molar-refractivity contribution is 5.90. The van der Waals surface area contributed by atoms with E-state index < -0.39 is 0 Å². The highest BCUT2D eigenvalue weighted by atomic mass is 16.5. The number of hydrogen-bond acceptors (Lipinski definition) is 3. The molecular formula is C18H27N3O3. The van der Waals surface area contributed by atoms with Crippen molar-refractivity contribution in [2.24, 2.45) is 0 Å². The fourth-order valence-corrected chi connectivity index (χ4v) is 2.98. The van der Waals surface area contributed by atoms with E-state index in [1.54, 1.807) is 4.90 Å². The lowest BCUT2D eigenvalue weighted by molar-refractivity contribution is 0.108. The van der Waals surface area contributed by atoms with Crippen LogP contribution in [0.4, 0.5) is 15.3 Å². The molecule has 1 aromatic carbocycles. The Hall–Kier alpha value is -2.24. The molecule has 0 aromatic heterocycles. The van der Waals surface area contributed by atoms with Crippen molar-refractivity contribution in [2.75, 3.05) is 25.5 Å². The lowest BCUT2D eigenvalue weighted by atomic mass is 9.86. The van der Waals surface area contributed by atoms with Gasteiger partial charge in [-0.3, -0.25) is 0 Å². The van der Waals surface area contributed by atoms with Crippen molar-refractivity contribution in [1.82, 2.24) is 10.2 Å². The number of carbonyl (C=O) groups excluding carboxylic acids is 2. The monoisotopic (exact) mass is 333 g/mol. The standard InChI is InChI=1S/C18H27N3O3/c1-18(2,3)14-9-5-6-10-15(14)20-16(22)19-13-8-7-11-21(12-13)17(23)24-4/h5-6,9-10,13H,7-8,11-12H2,1-4H3,(H2,19,20,22)/t13-/m0/s1. The summed E-state index contributed by atoms with van der Waals surface area (Å²) in [6.07, 6.45) is 1.35. The van der Waals surface area contributed by atoms with Crippen LogP contribution in [0.1, 0.15) is 39.2 Å². The number of likely N-dealkylation sites (tertiary alicyclic amines) is 1. The number of rotatable bonds is 2. The minimum absolute atomic E-state index is 0.0591. The van der Waals surface area contributed by atoms with Crippen molar-refractivity contribution in [3.05, 3.63) is 29.8 Å².